The van der Waals surface area contributed by atoms with Gasteiger partial charge < -0.3 is 4.74 Å². The van der Waals surface area contributed by atoms with Crippen LogP contribution in [0.4, 0.5) is 13.2 Å². The number of hydrogen-bond acceptors (Lipinski definition) is 3. The Labute approximate surface area is 169 Å². The van der Waals surface area contributed by atoms with Gasteiger partial charge in [-0.3, -0.25) is 4.98 Å². The van der Waals surface area contributed by atoms with E-state index >= 15 is 0 Å². The van der Waals surface area contributed by atoms with Gasteiger partial charge >= 0.3 is 6.36 Å². The van der Waals surface area contributed by atoms with Crippen molar-refractivity contribution >= 4 is 22.5 Å². The monoisotopic (exact) mass is 414 g/mol. The predicted octanol–water partition coefficient (Wildman–Crippen LogP) is 6.82. The largest absolute Gasteiger partial charge is 0.573 e. The summed E-state index contributed by atoms with van der Waals surface area (Å²) in [6, 6.07) is 16.9. The van der Waals surface area contributed by atoms with E-state index in [1.54, 1.807) is 12.3 Å². The van der Waals surface area contributed by atoms with Gasteiger partial charge in [-0.1, -0.05) is 17.7 Å². The SMILES string of the molecule is Cc1cc2ccc(Cl)cc2nc1-c1ccc(-c2ccc(OC(F)(F)F)cc2)nc1. The first-order chi connectivity index (χ1) is 13.8. The molecule has 29 heavy (non-hydrogen) atoms. The summed E-state index contributed by atoms with van der Waals surface area (Å²) in [6.45, 7) is 1.98. The summed E-state index contributed by atoms with van der Waals surface area (Å²) in [6.07, 6.45) is -3.02. The first-order valence-corrected chi connectivity index (χ1v) is 9.06. The van der Waals surface area contributed by atoms with Crippen molar-refractivity contribution in [2.24, 2.45) is 0 Å². The average molecular weight is 415 g/mol. The Kier molecular flexibility index (Phi) is 4.88. The van der Waals surface area contributed by atoms with Gasteiger partial charge in [-0.15, -0.1) is 13.2 Å². The van der Waals surface area contributed by atoms with Crippen LogP contribution < -0.4 is 4.74 Å². The highest BCUT2D eigenvalue weighted by atomic mass is 35.5. The van der Waals surface area contributed by atoms with Gasteiger partial charge in [0.05, 0.1) is 16.9 Å². The second-order valence-corrected chi connectivity index (χ2v) is 6.93. The summed E-state index contributed by atoms with van der Waals surface area (Å²) in [5, 5.41) is 1.62. The van der Waals surface area contributed by atoms with Gasteiger partial charge in [0.15, 0.2) is 0 Å². The molecule has 0 spiro atoms. The van der Waals surface area contributed by atoms with E-state index in [4.69, 9.17) is 16.6 Å². The van der Waals surface area contributed by atoms with Crippen molar-refractivity contribution in [3.63, 3.8) is 0 Å². The Morgan fingerprint density at radius 1 is 0.897 bits per heavy atom. The first-order valence-electron chi connectivity index (χ1n) is 8.68. The van der Waals surface area contributed by atoms with Gasteiger partial charge in [0.2, 0.25) is 0 Å². The smallest absolute Gasteiger partial charge is 0.406 e. The minimum Gasteiger partial charge on any atom is -0.406 e. The maximum atomic E-state index is 12.3. The van der Waals surface area contributed by atoms with Gasteiger partial charge in [-0.05, 0) is 67.1 Å². The lowest BCUT2D eigenvalue weighted by Crippen LogP contribution is -2.16. The quantitative estimate of drug-likeness (QED) is 0.368. The van der Waals surface area contributed by atoms with Gasteiger partial charge in [-0.2, -0.15) is 0 Å². The number of aryl methyl sites for hydroxylation is 1. The molecule has 7 heteroatoms. The maximum Gasteiger partial charge on any atom is 0.573 e. The van der Waals surface area contributed by atoms with Crippen LogP contribution >= 0.6 is 11.6 Å². The van der Waals surface area contributed by atoms with E-state index in [-0.39, 0.29) is 5.75 Å². The van der Waals surface area contributed by atoms with Crippen LogP contribution in [-0.4, -0.2) is 16.3 Å². The highest BCUT2D eigenvalue weighted by molar-refractivity contribution is 6.31. The van der Waals surface area contributed by atoms with E-state index in [2.05, 4.69) is 9.72 Å². The summed E-state index contributed by atoms with van der Waals surface area (Å²) < 4.78 is 40.7. The number of fused-ring (bicyclic) bond motifs is 1. The van der Waals surface area contributed by atoms with Crippen LogP contribution in [-0.2, 0) is 0 Å². The zero-order valence-corrected chi connectivity index (χ0v) is 15.9. The Morgan fingerprint density at radius 3 is 2.28 bits per heavy atom. The molecule has 0 aliphatic heterocycles. The van der Waals surface area contributed by atoms with Crippen LogP contribution in [0, 0.1) is 6.92 Å². The highest BCUT2D eigenvalue weighted by Crippen LogP contribution is 2.29. The molecule has 0 bridgehead atoms. The van der Waals surface area contributed by atoms with E-state index < -0.39 is 6.36 Å². The second kappa shape index (κ2) is 7.37. The number of nitrogens with zero attached hydrogens (tertiary/aromatic N) is 2. The van der Waals surface area contributed by atoms with Crippen LogP contribution in [0.25, 0.3) is 33.4 Å². The Morgan fingerprint density at radius 2 is 1.62 bits per heavy atom. The summed E-state index contributed by atoms with van der Waals surface area (Å²) >= 11 is 6.07. The van der Waals surface area contributed by atoms with E-state index in [1.165, 1.54) is 24.3 Å². The first kappa shape index (κ1) is 19.2. The van der Waals surface area contributed by atoms with Crippen molar-refractivity contribution in [3.05, 3.63) is 77.4 Å². The fraction of sp³-hybridized carbons (Fsp3) is 0.0909. The number of benzene rings is 2. The lowest BCUT2D eigenvalue weighted by atomic mass is 10.0. The molecule has 0 radical (unpaired) electrons. The molecule has 3 nitrogen and oxygen atoms in total. The molecule has 0 saturated heterocycles. The molecule has 0 fully saturated rings. The summed E-state index contributed by atoms with van der Waals surface area (Å²) in [5.41, 5.74) is 4.75. The van der Waals surface area contributed by atoms with E-state index in [0.717, 1.165) is 27.7 Å². The van der Waals surface area contributed by atoms with Crippen molar-refractivity contribution in [1.82, 2.24) is 9.97 Å². The standard InChI is InChI=1S/C22H14ClF3N2O/c1-13-10-15-2-6-17(23)11-20(15)28-21(13)16-5-9-19(27-12-16)14-3-7-18(8-4-14)29-22(24,25)26/h2-12H,1H3. The topological polar surface area (TPSA) is 35.0 Å². The number of alkyl halides is 3. The molecule has 0 aliphatic rings. The molecule has 0 unspecified atom stereocenters. The van der Waals surface area contributed by atoms with Gasteiger partial charge in [-0.25, -0.2) is 4.98 Å². The molecule has 0 aliphatic carbocycles. The van der Waals surface area contributed by atoms with E-state index in [0.29, 0.717) is 16.3 Å². The third kappa shape index (κ3) is 4.32. The summed E-state index contributed by atoms with van der Waals surface area (Å²) in [7, 11) is 0. The molecule has 0 atom stereocenters. The Hall–Kier alpha value is -3.12. The molecule has 146 valence electrons. The van der Waals surface area contributed by atoms with Gasteiger partial charge in [0.25, 0.3) is 0 Å². The highest BCUT2D eigenvalue weighted by Gasteiger charge is 2.30. The molecule has 0 saturated carbocycles. The summed E-state index contributed by atoms with van der Waals surface area (Å²) in [5.74, 6) is -0.271. The second-order valence-electron chi connectivity index (χ2n) is 6.50. The molecule has 0 amide bonds. The maximum absolute atomic E-state index is 12.3. The fourth-order valence-electron chi connectivity index (χ4n) is 3.07. The lowest BCUT2D eigenvalue weighted by molar-refractivity contribution is -0.274. The normalized spacial score (nSPS) is 11.6. The van der Waals surface area contributed by atoms with Crippen LogP contribution in [0.15, 0.2) is 66.9 Å². The number of aromatic nitrogens is 2. The van der Waals surface area contributed by atoms with Gasteiger partial charge in [0, 0.05) is 27.7 Å². The van der Waals surface area contributed by atoms with Crippen molar-refractivity contribution in [2.45, 2.75) is 13.3 Å². The zero-order chi connectivity index (χ0) is 20.6. The number of halogens is 4. The lowest BCUT2D eigenvalue weighted by Gasteiger charge is -2.10. The Bertz CT molecular complexity index is 1170. The number of ether oxygens (including phenoxy) is 1. The zero-order valence-electron chi connectivity index (χ0n) is 15.2. The minimum atomic E-state index is -4.71. The third-order valence-electron chi connectivity index (χ3n) is 4.39. The van der Waals surface area contributed by atoms with E-state index in [9.17, 15) is 13.2 Å². The molecule has 2 aromatic heterocycles. The molecule has 2 heterocycles. The van der Waals surface area contributed by atoms with Crippen molar-refractivity contribution in [2.75, 3.05) is 0 Å². The Balaban J connectivity index is 1.63. The van der Waals surface area contributed by atoms with Crippen molar-refractivity contribution < 1.29 is 17.9 Å². The third-order valence-corrected chi connectivity index (χ3v) is 4.63. The van der Waals surface area contributed by atoms with Crippen LogP contribution in [0.5, 0.6) is 5.75 Å². The van der Waals surface area contributed by atoms with Gasteiger partial charge in [0.1, 0.15) is 5.75 Å². The molecular formula is C22H14ClF3N2O. The molecule has 4 aromatic rings. The molecule has 4 rings (SSSR count). The van der Waals surface area contributed by atoms with Crippen molar-refractivity contribution in [1.29, 1.82) is 0 Å². The molecule has 2 aromatic carbocycles. The van der Waals surface area contributed by atoms with Crippen molar-refractivity contribution in [3.8, 4) is 28.3 Å². The minimum absolute atomic E-state index is 0.271. The number of pyridine rings is 2. The van der Waals surface area contributed by atoms with E-state index in [1.807, 2.05) is 37.3 Å². The van der Waals surface area contributed by atoms with Crippen LogP contribution in [0.1, 0.15) is 5.56 Å². The van der Waals surface area contributed by atoms with Crippen LogP contribution in [0.3, 0.4) is 0 Å². The molecular weight excluding hydrogens is 401 g/mol. The number of hydrogen-bond donors (Lipinski definition) is 0. The van der Waals surface area contributed by atoms with Crippen LogP contribution in [0.2, 0.25) is 5.02 Å². The molecule has 0 N–H and O–H groups in total. The predicted molar refractivity (Wildman–Crippen MR) is 107 cm³/mol. The average Bonchev–Trinajstić information content (AvgIpc) is 2.67. The fourth-order valence-corrected chi connectivity index (χ4v) is 3.24. The number of rotatable bonds is 3. The summed E-state index contributed by atoms with van der Waals surface area (Å²) in [4.78, 5) is 9.15.